The molecule has 128 valence electrons. The number of fused-ring (bicyclic) bond motifs is 1. The number of primary sulfonamides is 1. The van der Waals surface area contributed by atoms with Gasteiger partial charge in [0.05, 0.1) is 10.5 Å². The van der Waals surface area contributed by atoms with Gasteiger partial charge in [0, 0.05) is 0 Å². The number of hydrogen-bond acceptors (Lipinski definition) is 4. The average Bonchev–Trinajstić information content (AvgIpc) is 2.59. The molecule has 2 N–H and O–H groups in total. The van der Waals surface area contributed by atoms with Crippen LogP contribution in [-0.2, 0) is 21.4 Å². The number of carbonyl (C=O) groups is 1. The number of aryl methyl sites for hydroxylation is 1. The summed E-state index contributed by atoms with van der Waals surface area (Å²) in [4.78, 5) is 12.3. The van der Waals surface area contributed by atoms with Gasteiger partial charge in [-0.25, -0.2) is 18.4 Å². The first kappa shape index (κ1) is 17.1. The summed E-state index contributed by atoms with van der Waals surface area (Å²) in [5.41, 5.74) is 1.69. The van der Waals surface area contributed by atoms with Crippen molar-refractivity contribution in [2.75, 3.05) is 0 Å². The maximum atomic E-state index is 12.4. The van der Waals surface area contributed by atoms with E-state index in [1.54, 1.807) is 6.92 Å². The highest BCUT2D eigenvalue weighted by atomic mass is 32.2. The van der Waals surface area contributed by atoms with Crippen molar-refractivity contribution in [3.8, 4) is 0 Å². The Kier molecular flexibility index (Phi) is 4.57. The van der Waals surface area contributed by atoms with Crippen molar-refractivity contribution in [3.63, 3.8) is 0 Å². The predicted octanol–water partition coefficient (Wildman–Crippen LogP) is 3.15. The number of rotatable bonds is 4. The van der Waals surface area contributed by atoms with E-state index in [1.807, 2.05) is 42.5 Å². The summed E-state index contributed by atoms with van der Waals surface area (Å²) >= 11 is 0. The summed E-state index contributed by atoms with van der Waals surface area (Å²) in [5, 5.41) is 7.19. The minimum Gasteiger partial charge on any atom is -0.457 e. The van der Waals surface area contributed by atoms with Gasteiger partial charge in [0.1, 0.15) is 6.61 Å². The van der Waals surface area contributed by atoms with Crippen LogP contribution < -0.4 is 5.14 Å². The largest absolute Gasteiger partial charge is 0.457 e. The number of benzene rings is 3. The molecule has 0 fully saturated rings. The fourth-order valence-electron chi connectivity index (χ4n) is 2.64. The average molecular weight is 355 g/mol. The zero-order valence-corrected chi connectivity index (χ0v) is 14.4. The summed E-state index contributed by atoms with van der Waals surface area (Å²) in [6.45, 7) is 1.81. The Morgan fingerprint density at radius 2 is 1.76 bits per heavy atom. The van der Waals surface area contributed by atoms with Crippen LogP contribution in [0.15, 0.2) is 65.6 Å². The second-order valence-corrected chi connectivity index (χ2v) is 7.30. The van der Waals surface area contributed by atoms with E-state index in [4.69, 9.17) is 9.88 Å². The molecule has 3 aromatic carbocycles. The van der Waals surface area contributed by atoms with E-state index in [9.17, 15) is 13.2 Å². The Bertz CT molecular complexity index is 1050. The quantitative estimate of drug-likeness (QED) is 0.728. The van der Waals surface area contributed by atoms with Crippen molar-refractivity contribution in [2.24, 2.45) is 5.14 Å². The van der Waals surface area contributed by atoms with Crippen LogP contribution in [0.3, 0.4) is 0 Å². The first-order valence-electron chi connectivity index (χ1n) is 7.63. The van der Waals surface area contributed by atoms with Crippen molar-refractivity contribution < 1.29 is 17.9 Å². The molecule has 0 aliphatic carbocycles. The minimum atomic E-state index is -3.88. The molecule has 0 saturated heterocycles. The van der Waals surface area contributed by atoms with Crippen LogP contribution >= 0.6 is 0 Å². The number of carbonyl (C=O) groups excluding carboxylic acids is 1. The van der Waals surface area contributed by atoms with E-state index in [0.717, 1.165) is 16.3 Å². The summed E-state index contributed by atoms with van der Waals surface area (Å²) in [5.74, 6) is -0.587. The Labute approximate surface area is 146 Å². The van der Waals surface area contributed by atoms with E-state index in [1.165, 1.54) is 18.2 Å². The fraction of sp³-hybridized carbons (Fsp3) is 0.105. The van der Waals surface area contributed by atoms with Crippen molar-refractivity contribution in [1.82, 2.24) is 0 Å². The molecule has 0 bridgehead atoms. The monoisotopic (exact) mass is 355 g/mol. The second-order valence-electron chi connectivity index (χ2n) is 5.74. The molecule has 0 spiro atoms. The van der Waals surface area contributed by atoms with E-state index < -0.39 is 16.0 Å². The predicted molar refractivity (Wildman–Crippen MR) is 95.6 cm³/mol. The minimum absolute atomic E-state index is 0.0965. The Balaban J connectivity index is 1.86. The van der Waals surface area contributed by atoms with Crippen LogP contribution in [0.2, 0.25) is 0 Å². The molecule has 0 radical (unpaired) electrons. The van der Waals surface area contributed by atoms with Crippen molar-refractivity contribution in [1.29, 1.82) is 0 Å². The van der Waals surface area contributed by atoms with Gasteiger partial charge < -0.3 is 4.74 Å². The van der Waals surface area contributed by atoms with Crippen LogP contribution in [0.1, 0.15) is 21.5 Å². The van der Waals surface area contributed by atoms with Crippen molar-refractivity contribution in [2.45, 2.75) is 18.4 Å². The third-order valence-corrected chi connectivity index (χ3v) is 4.91. The van der Waals surface area contributed by atoms with Gasteiger partial charge in [-0.3, -0.25) is 0 Å². The molecular weight excluding hydrogens is 338 g/mol. The lowest BCUT2D eigenvalue weighted by Gasteiger charge is -2.10. The first-order valence-corrected chi connectivity index (χ1v) is 9.18. The molecule has 0 amide bonds. The third kappa shape index (κ3) is 3.70. The van der Waals surface area contributed by atoms with Gasteiger partial charge in [-0.05, 0) is 41.0 Å². The molecule has 3 aromatic rings. The smallest absolute Gasteiger partial charge is 0.338 e. The Morgan fingerprint density at radius 3 is 2.52 bits per heavy atom. The van der Waals surface area contributed by atoms with Crippen LogP contribution in [0, 0.1) is 6.92 Å². The zero-order chi connectivity index (χ0) is 18.0. The summed E-state index contributed by atoms with van der Waals surface area (Å²) < 4.78 is 28.3. The molecule has 0 unspecified atom stereocenters. The number of nitrogens with two attached hydrogens (primary N) is 1. The number of esters is 1. The molecule has 0 atom stereocenters. The SMILES string of the molecule is Cc1ccc(S(N)(=O)=O)cc1C(=O)OCc1cccc2ccccc12. The molecule has 5 nitrogen and oxygen atoms in total. The number of hydrogen-bond donors (Lipinski definition) is 1. The van der Waals surface area contributed by atoms with Gasteiger partial charge in [0.2, 0.25) is 10.0 Å². The van der Waals surface area contributed by atoms with Crippen molar-refractivity contribution >= 4 is 26.8 Å². The molecule has 0 aliphatic rings. The summed E-state index contributed by atoms with van der Waals surface area (Å²) in [6, 6.07) is 17.7. The molecule has 0 aromatic heterocycles. The van der Waals surface area contributed by atoms with Crippen LogP contribution in [-0.4, -0.2) is 14.4 Å². The lowest BCUT2D eigenvalue weighted by molar-refractivity contribution is 0.0473. The second kappa shape index (κ2) is 6.66. The van der Waals surface area contributed by atoms with Gasteiger partial charge >= 0.3 is 5.97 Å². The van der Waals surface area contributed by atoms with E-state index in [-0.39, 0.29) is 17.1 Å². The van der Waals surface area contributed by atoms with Gasteiger partial charge in [0.25, 0.3) is 0 Å². The number of ether oxygens (including phenoxy) is 1. The van der Waals surface area contributed by atoms with Gasteiger partial charge in [-0.15, -0.1) is 0 Å². The first-order chi connectivity index (χ1) is 11.9. The fourth-order valence-corrected chi connectivity index (χ4v) is 3.18. The standard InChI is InChI=1S/C19H17NO4S/c1-13-9-10-16(25(20,22)23)11-18(13)19(21)24-12-15-7-4-6-14-5-2-3-8-17(14)15/h2-11H,12H2,1H3,(H2,20,22,23). The maximum Gasteiger partial charge on any atom is 0.338 e. The topological polar surface area (TPSA) is 86.5 Å². The van der Waals surface area contributed by atoms with E-state index >= 15 is 0 Å². The normalized spacial score (nSPS) is 11.4. The molecule has 3 rings (SSSR count). The molecule has 25 heavy (non-hydrogen) atoms. The maximum absolute atomic E-state index is 12.4. The summed E-state index contributed by atoms with van der Waals surface area (Å²) in [6.07, 6.45) is 0. The highest BCUT2D eigenvalue weighted by Crippen LogP contribution is 2.21. The summed E-state index contributed by atoms with van der Waals surface area (Å²) in [7, 11) is -3.88. The van der Waals surface area contributed by atoms with E-state index in [2.05, 4.69) is 0 Å². The van der Waals surface area contributed by atoms with Gasteiger partial charge in [-0.1, -0.05) is 48.5 Å². The Morgan fingerprint density at radius 1 is 1.04 bits per heavy atom. The molecule has 0 heterocycles. The molecular formula is C19H17NO4S. The number of sulfonamides is 1. The van der Waals surface area contributed by atoms with Crippen LogP contribution in [0.4, 0.5) is 0 Å². The lowest BCUT2D eigenvalue weighted by atomic mass is 10.1. The zero-order valence-electron chi connectivity index (χ0n) is 13.6. The highest BCUT2D eigenvalue weighted by Gasteiger charge is 2.16. The van der Waals surface area contributed by atoms with Gasteiger partial charge in [-0.2, -0.15) is 0 Å². The van der Waals surface area contributed by atoms with Gasteiger partial charge in [0.15, 0.2) is 0 Å². The Hall–Kier alpha value is -2.70. The highest BCUT2D eigenvalue weighted by molar-refractivity contribution is 7.89. The van der Waals surface area contributed by atoms with Crippen LogP contribution in [0.5, 0.6) is 0 Å². The van der Waals surface area contributed by atoms with Crippen molar-refractivity contribution in [3.05, 3.63) is 77.4 Å². The van der Waals surface area contributed by atoms with Crippen LogP contribution in [0.25, 0.3) is 10.8 Å². The van der Waals surface area contributed by atoms with E-state index in [0.29, 0.717) is 5.56 Å². The molecule has 0 saturated carbocycles. The lowest BCUT2D eigenvalue weighted by Crippen LogP contribution is -2.14. The molecule has 0 aliphatic heterocycles. The molecule has 6 heteroatoms. The third-order valence-electron chi connectivity index (χ3n) is 4.00.